The van der Waals surface area contributed by atoms with Gasteiger partial charge < -0.3 is 10.1 Å². The van der Waals surface area contributed by atoms with E-state index in [0.717, 1.165) is 11.6 Å². The summed E-state index contributed by atoms with van der Waals surface area (Å²) < 4.78 is 5.60. The molecule has 0 spiro atoms. The van der Waals surface area contributed by atoms with Crippen LogP contribution in [0.1, 0.15) is 71.5 Å². The van der Waals surface area contributed by atoms with Crippen molar-refractivity contribution < 1.29 is 4.74 Å². The topological polar surface area (TPSA) is 47.0 Å². The summed E-state index contributed by atoms with van der Waals surface area (Å²) in [6.07, 6.45) is 6.31. The van der Waals surface area contributed by atoms with Gasteiger partial charge in [0.05, 0.1) is 6.61 Å². The fraction of sp³-hybridized carbons (Fsp3) is 0.750. The third-order valence-corrected chi connectivity index (χ3v) is 3.49. The van der Waals surface area contributed by atoms with E-state index in [4.69, 9.17) is 9.72 Å². The standard InChI is InChI=1S/C16H27N3O/c1-5-20-14-11-13(19-16(2,3)4)17-15(18-14)12-9-7-6-8-10-12/h11-12H,5-10H2,1-4H3,(H,17,18,19). The number of hydrogen-bond donors (Lipinski definition) is 1. The van der Waals surface area contributed by atoms with E-state index in [9.17, 15) is 0 Å². The van der Waals surface area contributed by atoms with Crippen LogP contribution in [0.3, 0.4) is 0 Å². The lowest BCUT2D eigenvalue weighted by molar-refractivity contribution is 0.321. The van der Waals surface area contributed by atoms with Crippen molar-refractivity contribution in [3.05, 3.63) is 11.9 Å². The van der Waals surface area contributed by atoms with E-state index in [0.29, 0.717) is 18.4 Å². The summed E-state index contributed by atoms with van der Waals surface area (Å²) in [7, 11) is 0. The van der Waals surface area contributed by atoms with E-state index < -0.39 is 0 Å². The van der Waals surface area contributed by atoms with Crippen molar-refractivity contribution in [2.24, 2.45) is 0 Å². The largest absolute Gasteiger partial charge is 0.478 e. The Labute approximate surface area is 122 Å². The predicted octanol–water partition coefficient (Wildman–Crippen LogP) is 4.13. The number of aromatic nitrogens is 2. The zero-order chi connectivity index (χ0) is 14.6. The minimum absolute atomic E-state index is 0.0122. The maximum Gasteiger partial charge on any atom is 0.218 e. The van der Waals surface area contributed by atoms with Gasteiger partial charge in [0.15, 0.2) is 0 Å². The zero-order valence-electron chi connectivity index (χ0n) is 13.2. The molecule has 1 heterocycles. The van der Waals surface area contributed by atoms with Crippen LogP contribution in [0, 0.1) is 0 Å². The Balaban J connectivity index is 2.25. The summed E-state index contributed by atoms with van der Waals surface area (Å²) >= 11 is 0. The molecule has 112 valence electrons. The van der Waals surface area contributed by atoms with Crippen molar-refractivity contribution >= 4 is 5.82 Å². The highest BCUT2D eigenvalue weighted by atomic mass is 16.5. The van der Waals surface area contributed by atoms with Gasteiger partial charge in [-0.25, -0.2) is 4.98 Å². The maximum absolute atomic E-state index is 5.60. The Bertz CT molecular complexity index is 434. The Hall–Kier alpha value is -1.32. The molecule has 1 N–H and O–H groups in total. The van der Waals surface area contributed by atoms with Crippen LogP contribution >= 0.6 is 0 Å². The molecule has 20 heavy (non-hydrogen) atoms. The number of hydrogen-bond acceptors (Lipinski definition) is 4. The van der Waals surface area contributed by atoms with Gasteiger partial charge in [0, 0.05) is 17.5 Å². The van der Waals surface area contributed by atoms with Crippen molar-refractivity contribution in [1.29, 1.82) is 0 Å². The first kappa shape index (κ1) is 15.1. The van der Waals surface area contributed by atoms with Gasteiger partial charge in [0.2, 0.25) is 5.88 Å². The van der Waals surface area contributed by atoms with Crippen LogP contribution in [-0.4, -0.2) is 22.1 Å². The average Bonchev–Trinajstić information content (AvgIpc) is 2.38. The smallest absolute Gasteiger partial charge is 0.218 e. The SMILES string of the molecule is CCOc1cc(NC(C)(C)C)nc(C2CCCCC2)n1. The Morgan fingerprint density at radius 3 is 2.50 bits per heavy atom. The highest BCUT2D eigenvalue weighted by molar-refractivity contribution is 5.41. The summed E-state index contributed by atoms with van der Waals surface area (Å²) in [6.45, 7) is 9.02. The van der Waals surface area contributed by atoms with Gasteiger partial charge >= 0.3 is 0 Å². The van der Waals surface area contributed by atoms with Crippen LogP contribution in [0.2, 0.25) is 0 Å². The molecule has 0 bridgehead atoms. The van der Waals surface area contributed by atoms with Gasteiger partial charge in [0.25, 0.3) is 0 Å². The molecule has 4 heteroatoms. The third kappa shape index (κ3) is 4.36. The quantitative estimate of drug-likeness (QED) is 0.898. The molecule has 0 aliphatic heterocycles. The fourth-order valence-electron chi connectivity index (χ4n) is 2.66. The molecule has 0 unspecified atom stereocenters. The van der Waals surface area contributed by atoms with E-state index in [-0.39, 0.29) is 5.54 Å². The van der Waals surface area contributed by atoms with Crippen molar-refractivity contribution in [2.75, 3.05) is 11.9 Å². The average molecular weight is 277 g/mol. The van der Waals surface area contributed by atoms with Crippen LogP contribution in [-0.2, 0) is 0 Å². The van der Waals surface area contributed by atoms with Gasteiger partial charge in [-0.15, -0.1) is 0 Å². The van der Waals surface area contributed by atoms with Crippen LogP contribution < -0.4 is 10.1 Å². The monoisotopic (exact) mass is 277 g/mol. The van der Waals surface area contributed by atoms with Gasteiger partial charge in [-0.1, -0.05) is 19.3 Å². The lowest BCUT2D eigenvalue weighted by Crippen LogP contribution is -2.27. The maximum atomic E-state index is 5.60. The number of anilines is 1. The van der Waals surface area contributed by atoms with Gasteiger partial charge in [-0.2, -0.15) is 4.98 Å². The summed E-state index contributed by atoms with van der Waals surface area (Å²) in [5.41, 5.74) is -0.0122. The number of rotatable bonds is 4. The molecule has 1 saturated carbocycles. The lowest BCUT2D eigenvalue weighted by atomic mass is 9.89. The molecule has 1 fully saturated rings. The summed E-state index contributed by atoms with van der Waals surface area (Å²) in [5, 5.41) is 3.43. The molecular weight excluding hydrogens is 250 g/mol. The Kier molecular flexibility index (Phi) is 4.84. The molecule has 1 aromatic rings. The first-order valence-corrected chi connectivity index (χ1v) is 7.78. The second kappa shape index (κ2) is 6.42. The molecule has 0 radical (unpaired) electrons. The zero-order valence-corrected chi connectivity index (χ0v) is 13.2. The molecule has 0 atom stereocenters. The Morgan fingerprint density at radius 1 is 1.20 bits per heavy atom. The van der Waals surface area contributed by atoms with Crippen LogP contribution in [0.15, 0.2) is 6.07 Å². The van der Waals surface area contributed by atoms with Crippen molar-refractivity contribution in [2.45, 2.75) is 71.3 Å². The highest BCUT2D eigenvalue weighted by Gasteiger charge is 2.21. The van der Waals surface area contributed by atoms with E-state index in [1.807, 2.05) is 13.0 Å². The number of nitrogens with zero attached hydrogens (tertiary/aromatic N) is 2. The predicted molar refractivity (Wildman–Crippen MR) is 82.4 cm³/mol. The van der Waals surface area contributed by atoms with E-state index in [1.54, 1.807) is 0 Å². The second-order valence-electron chi connectivity index (χ2n) is 6.59. The van der Waals surface area contributed by atoms with Crippen molar-refractivity contribution in [1.82, 2.24) is 9.97 Å². The molecule has 2 rings (SSSR count). The Morgan fingerprint density at radius 2 is 1.90 bits per heavy atom. The highest BCUT2D eigenvalue weighted by Crippen LogP contribution is 2.32. The van der Waals surface area contributed by atoms with E-state index in [2.05, 4.69) is 31.1 Å². The first-order valence-electron chi connectivity index (χ1n) is 7.78. The molecule has 4 nitrogen and oxygen atoms in total. The van der Waals surface area contributed by atoms with Gasteiger partial charge in [-0.05, 0) is 40.5 Å². The van der Waals surface area contributed by atoms with Crippen molar-refractivity contribution in [3.8, 4) is 5.88 Å². The molecule has 0 amide bonds. The fourth-order valence-corrected chi connectivity index (χ4v) is 2.66. The van der Waals surface area contributed by atoms with E-state index in [1.165, 1.54) is 32.1 Å². The van der Waals surface area contributed by atoms with Crippen LogP contribution in [0.5, 0.6) is 5.88 Å². The third-order valence-electron chi connectivity index (χ3n) is 3.49. The van der Waals surface area contributed by atoms with Gasteiger partial charge in [0.1, 0.15) is 11.6 Å². The molecule has 0 aromatic carbocycles. The molecule has 1 aliphatic carbocycles. The minimum Gasteiger partial charge on any atom is -0.478 e. The normalized spacial score (nSPS) is 17.0. The summed E-state index contributed by atoms with van der Waals surface area (Å²) in [4.78, 5) is 9.33. The first-order chi connectivity index (χ1) is 9.48. The second-order valence-corrected chi connectivity index (χ2v) is 6.59. The molecule has 0 saturated heterocycles. The summed E-state index contributed by atoms with van der Waals surface area (Å²) in [5.74, 6) is 3.00. The lowest BCUT2D eigenvalue weighted by Gasteiger charge is -2.24. The van der Waals surface area contributed by atoms with Crippen molar-refractivity contribution in [3.63, 3.8) is 0 Å². The van der Waals surface area contributed by atoms with Crippen LogP contribution in [0.25, 0.3) is 0 Å². The summed E-state index contributed by atoms with van der Waals surface area (Å²) in [6, 6.07) is 1.90. The minimum atomic E-state index is -0.0122. The molecule has 1 aromatic heterocycles. The van der Waals surface area contributed by atoms with Gasteiger partial charge in [-0.3, -0.25) is 0 Å². The molecular formula is C16H27N3O. The number of ether oxygens (including phenoxy) is 1. The molecule has 1 aliphatic rings. The van der Waals surface area contributed by atoms with Crippen LogP contribution in [0.4, 0.5) is 5.82 Å². The number of nitrogens with one attached hydrogen (secondary N) is 1. The van der Waals surface area contributed by atoms with E-state index >= 15 is 0 Å².